The van der Waals surface area contributed by atoms with E-state index in [1.54, 1.807) is 6.07 Å². The Morgan fingerprint density at radius 1 is 1.47 bits per heavy atom. The third kappa shape index (κ3) is 2.63. The van der Waals surface area contributed by atoms with Crippen LogP contribution in [0.1, 0.15) is 23.7 Å². The minimum absolute atomic E-state index is 0.0599. The SMILES string of the molecule is CCS[C@@H]1CC(=O)N(c2cccc(C(=O)O)c2)C1=O. The maximum absolute atomic E-state index is 12.1. The summed E-state index contributed by atoms with van der Waals surface area (Å²) in [4.78, 5) is 36.0. The molecule has 1 saturated heterocycles. The Balaban J connectivity index is 2.31. The monoisotopic (exact) mass is 279 g/mol. The van der Waals surface area contributed by atoms with Crippen LogP contribution in [0.2, 0.25) is 0 Å². The Hall–Kier alpha value is -1.82. The summed E-state index contributed by atoms with van der Waals surface area (Å²) < 4.78 is 0. The predicted octanol–water partition coefficient (Wildman–Crippen LogP) is 1.77. The highest BCUT2D eigenvalue weighted by Crippen LogP contribution is 2.29. The molecular weight excluding hydrogens is 266 g/mol. The van der Waals surface area contributed by atoms with Gasteiger partial charge in [-0.1, -0.05) is 13.0 Å². The van der Waals surface area contributed by atoms with Gasteiger partial charge in [0.1, 0.15) is 0 Å². The van der Waals surface area contributed by atoms with Crippen LogP contribution in [0, 0.1) is 0 Å². The number of benzene rings is 1. The van der Waals surface area contributed by atoms with Crippen molar-refractivity contribution in [2.24, 2.45) is 0 Å². The van der Waals surface area contributed by atoms with E-state index in [1.807, 2.05) is 6.92 Å². The van der Waals surface area contributed by atoms with Crippen LogP contribution in [0.4, 0.5) is 5.69 Å². The number of carbonyl (C=O) groups excluding carboxylic acids is 2. The van der Waals surface area contributed by atoms with Gasteiger partial charge in [-0.05, 0) is 24.0 Å². The average molecular weight is 279 g/mol. The van der Waals surface area contributed by atoms with E-state index in [0.717, 1.165) is 10.7 Å². The molecule has 1 aliphatic heterocycles. The fraction of sp³-hybridized carbons (Fsp3) is 0.308. The first kappa shape index (κ1) is 13.6. The normalized spacial score (nSPS) is 19.0. The zero-order chi connectivity index (χ0) is 14.0. The third-order valence-corrected chi connectivity index (χ3v) is 3.93. The molecule has 1 fully saturated rings. The summed E-state index contributed by atoms with van der Waals surface area (Å²) in [5, 5.41) is 8.57. The van der Waals surface area contributed by atoms with E-state index >= 15 is 0 Å². The highest BCUT2D eigenvalue weighted by Gasteiger charge is 2.39. The van der Waals surface area contributed by atoms with Crippen LogP contribution in [-0.4, -0.2) is 33.9 Å². The van der Waals surface area contributed by atoms with Gasteiger partial charge in [0, 0.05) is 6.42 Å². The van der Waals surface area contributed by atoms with Crippen molar-refractivity contribution in [1.29, 1.82) is 0 Å². The van der Waals surface area contributed by atoms with E-state index in [0.29, 0.717) is 5.69 Å². The number of aromatic carboxylic acids is 1. The molecule has 0 radical (unpaired) electrons. The van der Waals surface area contributed by atoms with Gasteiger partial charge in [-0.15, -0.1) is 11.8 Å². The van der Waals surface area contributed by atoms with Crippen molar-refractivity contribution in [3.63, 3.8) is 0 Å². The lowest BCUT2D eigenvalue weighted by molar-refractivity contribution is -0.121. The molecule has 1 aliphatic rings. The van der Waals surface area contributed by atoms with Gasteiger partial charge in [0.05, 0.1) is 16.5 Å². The lowest BCUT2D eigenvalue weighted by Crippen LogP contribution is -2.31. The average Bonchev–Trinajstić information content (AvgIpc) is 2.65. The Kier molecular flexibility index (Phi) is 3.90. The second-order valence-electron chi connectivity index (χ2n) is 4.07. The fourth-order valence-electron chi connectivity index (χ4n) is 1.98. The molecule has 1 N–H and O–H groups in total. The van der Waals surface area contributed by atoms with Gasteiger partial charge in [0.25, 0.3) is 0 Å². The number of hydrogen-bond acceptors (Lipinski definition) is 4. The van der Waals surface area contributed by atoms with Crippen LogP contribution in [0.5, 0.6) is 0 Å². The first-order chi connectivity index (χ1) is 9.04. The van der Waals surface area contributed by atoms with Crippen molar-refractivity contribution in [2.45, 2.75) is 18.6 Å². The number of carboxylic acids is 1. The predicted molar refractivity (Wildman–Crippen MR) is 72.4 cm³/mol. The molecule has 2 amide bonds. The Morgan fingerprint density at radius 2 is 2.21 bits per heavy atom. The molecule has 0 unspecified atom stereocenters. The molecule has 0 spiro atoms. The maximum atomic E-state index is 12.1. The van der Waals surface area contributed by atoms with E-state index in [-0.39, 0.29) is 29.0 Å². The molecule has 0 aliphatic carbocycles. The summed E-state index contributed by atoms with van der Waals surface area (Å²) in [5.74, 6) is -0.870. The van der Waals surface area contributed by atoms with Crippen LogP contribution in [-0.2, 0) is 9.59 Å². The molecule has 19 heavy (non-hydrogen) atoms. The van der Waals surface area contributed by atoms with Crippen molar-refractivity contribution in [1.82, 2.24) is 0 Å². The van der Waals surface area contributed by atoms with Gasteiger partial charge in [0.15, 0.2) is 0 Å². The van der Waals surface area contributed by atoms with E-state index in [4.69, 9.17) is 5.11 Å². The summed E-state index contributed by atoms with van der Waals surface area (Å²) >= 11 is 1.43. The second kappa shape index (κ2) is 5.44. The maximum Gasteiger partial charge on any atom is 0.335 e. The van der Waals surface area contributed by atoms with Crippen molar-refractivity contribution in [3.8, 4) is 0 Å². The van der Waals surface area contributed by atoms with E-state index < -0.39 is 5.97 Å². The number of amides is 2. The zero-order valence-corrected chi connectivity index (χ0v) is 11.1. The summed E-state index contributed by atoms with van der Waals surface area (Å²) in [7, 11) is 0. The molecule has 100 valence electrons. The van der Waals surface area contributed by atoms with Gasteiger partial charge in [-0.3, -0.25) is 9.59 Å². The molecule has 5 nitrogen and oxygen atoms in total. The number of carbonyl (C=O) groups is 3. The lowest BCUT2D eigenvalue weighted by atomic mass is 10.2. The summed E-state index contributed by atoms with van der Waals surface area (Å²) in [6.07, 6.45) is 0.175. The number of rotatable bonds is 4. The molecule has 0 bridgehead atoms. The first-order valence-corrected chi connectivity index (χ1v) is 6.91. The van der Waals surface area contributed by atoms with Crippen LogP contribution in [0.3, 0.4) is 0 Å². The van der Waals surface area contributed by atoms with Crippen LogP contribution in [0.25, 0.3) is 0 Å². The molecular formula is C13H13NO4S. The van der Waals surface area contributed by atoms with Gasteiger partial charge in [0.2, 0.25) is 11.8 Å². The summed E-state index contributed by atoms with van der Waals surface area (Å²) in [6.45, 7) is 1.93. The highest BCUT2D eigenvalue weighted by atomic mass is 32.2. The number of nitrogens with zero attached hydrogens (tertiary/aromatic N) is 1. The standard InChI is InChI=1S/C13H13NO4S/c1-2-19-10-7-11(15)14(12(10)16)9-5-3-4-8(6-9)13(17)18/h3-6,10H,2,7H2,1H3,(H,17,18)/t10-/m1/s1. The molecule has 0 saturated carbocycles. The Bertz CT molecular complexity index is 543. The topological polar surface area (TPSA) is 74.7 Å². The number of carboxylic acid groups (broad SMARTS) is 1. The van der Waals surface area contributed by atoms with Gasteiger partial charge in [-0.25, -0.2) is 9.69 Å². The largest absolute Gasteiger partial charge is 0.478 e. The minimum atomic E-state index is -1.08. The van der Waals surface area contributed by atoms with Crippen molar-refractivity contribution >= 4 is 35.2 Å². The molecule has 1 aromatic carbocycles. The van der Waals surface area contributed by atoms with E-state index in [2.05, 4.69) is 0 Å². The number of anilines is 1. The molecule has 0 aromatic heterocycles. The summed E-state index contributed by atoms with van der Waals surface area (Å²) in [6, 6.07) is 5.87. The molecule has 1 aromatic rings. The third-order valence-electron chi connectivity index (χ3n) is 2.82. The minimum Gasteiger partial charge on any atom is -0.478 e. The smallest absolute Gasteiger partial charge is 0.335 e. The van der Waals surface area contributed by atoms with E-state index in [1.165, 1.54) is 30.0 Å². The van der Waals surface area contributed by atoms with Crippen molar-refractivity contribution in [3.05, 3.63) is 29.8 Å². The van der Waals surface area contributed by atoms with E-state index in [9.17, 15) is 14.4 Å². The molecule has 1 heterocycles. The van der Waals surface area contributed by atoms with Crippen LogP contribution >= 0.6 is 11.8 Å². The lowest BCUT2D eigenvalue weighted by Gasteiger charge is -2.15. The number of thioether (sulfide) groups is 1. The number of hydrogen-bond donors (Lipinski definition) is 1. The zero-order valence-electron chi connectivity index (χ0n) is 10.3. The van der Waals surface area contributed by atoms with Gasteiger partial charge >= 0.3 is 5.97 Å². The Labute approximate surface area is 114 Å². The fourth-order valence-corrected chi connectivity index (χ4v) is 2.90. The molecule has 2 rings (SSSR count). The van der Waals surface area contributed by atoms with Crippen molar-refractivity contribution in [2.75, 3.05) is 10.7 Å². The highest BCUT2D eigenvalue weighted by molar-refractivity contribution is 8.00. The Morgan fingerprint density at radius 3 is 2.84 bits per heavy atom. The number of imide groups is 1. The van der Waals surface area contributed by atoms with Crippen LogP contribution < -0.4 is 4.90 Å². The van der Waals surface area contributed by atoms with Crippen molar-refractivity contribution < 1.29 is 19.5 Å². The molecule has 1 atom stereocenters. The van der Waals surface area contributed by atoms with Gasteiger partial charge < -0.3 is 5.11 Å². The summed E-state index contributed by atoms with van der Waals surface area (Å²) in [5.41, 5.74) is 0.388. The van der Waals surface area contributed by atoms with Gasteiger partial charge in [-0.2, -0.15) is 0 Å². The first-order valence-electron chi connectivity index (χ1n) is 5.86. The quantitative estimate of drug-likeness (QED) is 0.850. The van der Waals surface area contributed by atoms with Crippen LogP contribution in [0.15, 0.2) is 24.3 Å². The second-order valence-corrected chi connectivity index (χ2v) is 5.55. The molecule has 6 heteroatoms.